The third-order valence-corrected chi connectivity index (χ3v) is 3.40. The topological polar surface area (TPSA) is 48.0 Å². The summed E-state index contributed by atoms with van der Waals surface area (Å²) in [5.41, 5.74) is 0.594. The van der Waals surface area contributed by atoms with Crippen LogP contribution >= 0.6 is 15.9 Å². The Morgan fingerprint density at radius 1 is 1.19 bits per heavy atom. The normalized spacial score (nSPS) is 10.8. The van der Waals surface area contributed by atoms with Gasteiger partial charge in [0.1, 0.15) is 12.4 Å². The summed E-state index contributed by atoms with van der Waals surface area (Å²) in [5, 5.41) is 0. The predicted molar refractivity (Wildman–Crippen MR) is 79.4 cm³/mol. The summed E-state index contributed by atoms with van der Waals surface area (Å²) in [5.74, 6) is 0.641. The molecule has 21 heavy (non-hydrogen) atoms. The average molecular weight is 349 g/mol. The third kappa shape index (κ3) is 3.11. The number of benzene rings is 1. The van der Waals surface area contributed by atoms with Gasteiger partial charge < -0.3 is 8.98 Å². The van der Waals surface area contributed by atoms with Crippen LogP contribution in [0.25, 0.3) is 11.3 Å². The minimum atomic E-state index is -0.306. The molecule has 0 saturated heterocycles. The van der Waals surface area contributed by atoms with E-state index in [1.54, 1.807) is 30.6 Å². The van der Waals surface area contributed by atoms with Crippen molar-refractivity contribution in [3.63, 3.8) is 0 Å². The number of pyridine rings is 1. The van der Waals surface area contributed by atoms with E-state index in [-0.39, 0.29) is 17.9 Å². The van der Waals surface area contributed by atoms with Gasteiger partial charge in [0, 0.05) is 22.3 Å². The van der Waals surface area contributed by atoms with Gasteiger partial charge in [-0.2, -0.15) is 0 Å². The van der Waals surface area contributed by atoms with E-state index in [4.69, 9.17) is 4.42 Å². The Balaban J connectivity index is 1.87. The highest BCUT2D eigenvalue weighted by molar-refractivity contribution is 9.10. The van der Waals surface area contributed by atoms with Gasteiger partial charge in [-0.05, 0) is 46.3 Å². The van der Waals surface area contributed by atoms with Crippen molar-refractivity contribution in [1.29, 1.82) is 0 Å². The van der Waals surface area contributed by atoms with Gasteiger partial charge in [0.05, 0.1) is 6.20 Å². The predicted octanol–water partition coefficient (Wildman–Crippen LogP) is 3.45. The molecule has 2 heterocycles. The van der Waals surface area contributed by atoms with Crippen LogP contribution in [-0.4, -0.2) is 9.55 Å². The fraction of sp³-hybridized carbons (Fsp3) is 0.0667. The molecule has 2 aromatic heterocycles. The van der Waals surface area contributed by atoms with Crippen LogP contribution in [0.3, 0.4) is 0 Å². The molecular weight excluding hydrogens is 339 g/mol. The first kappa shape index (κ1) is 13.8. The molecule has 0 fully saturated rings. The Labute approximate surface area is 128 Å². The second-order valence-electron chi connectivity index (χ2n) is 4.44. The zero-order valence-corrected chi connectivity index (χ0v) is 12.4. The highest BCUT2D eigenvalue weighted by Crippen LogP contribution is 2.20. The first-order valence-electron chi connectivity index (χ1n) is 6.18. The Bertz CT molecular complexity index is 824. The van der Waals surface area contributed by atoms with Crippen LogP contribution in [0.2, 0.25) is 0 Å². The molecule has 0 unspecified atom stereocenters. The summed E-state index contributed by atoms with van der Waals surface area (Å²) in [6, 6.07) is 9.09. The third-order valence-electron chi connectivity index (χ3n) is 2.94. The smallest absolute Gasteiger partial charge is 0.251 e. The second kappa shape index (κ2) is 5.65. The van der Waals surface area contributed by atoms with E-state index in [0.717, 1.165) is 10.0 Å². The van der Waals surface area contributed by atoms with Gasteiger partial charge in [0.25, 0.3) is 5.56 Å². The lowest BCUT2D eigenvalue weighted by atomic mass is 10.2. The number of oxazole rings is 1. The highest BCUT2D eigenvalue weighted by Gasteiger charge is 2.08. The second-order valence-corrected chi connectivity index (χ2v) is 5.35. The number of halogens is 2. The fourth-order valence-electron chi connectivity index (χ4n) is 1.90. The maximum Gasteiger partial charge on any atom is 0.251 e. The molecule has 0 radical (unpaired) electrons. The molecule has 0 atom stereocenters. The van der Waals surface area contributed by atoms with E-state index in [1.165, 1.54) is 22.8 Å². The lowest BCUT2D eigenvalue weighted by Gasteiger charge is -2.02. The van der Waals surface area contributed by atoms with Crippen LogP contribution in [0.5, 0.6) is 0 Å². The van der Waals surface area contributed by atoms with Crippen molar-refractivity contribution in [2.45, 2.75) is 6.54 Å². The summed E-state index contributed by atoms with van der Waals surface area (Å²) in [7, 11) is 0. The van der Waals surface area contributed by atoms with E-state index in [0.29, 0.717) is 11.7 Å². The quantitative estimate of drug-likeness (QED) is 0.728. The minimum absolute atomic E-state index is 0.139. The molecule has 0 saturated carbocycles. The minimum Gasteiger partial charge on any atom is -0.439 e. The Morgan fingerprint density at radius 3 is 2.71 bits per heavy atom. The number of nitrogens with zero attached hydrogens (tertiary/aromatic N) is 2. The fourth-order valence-corrected chi connectivity index (χ4v) is 2.28. The Hall–Kier alpha value is -2.21. The SMILES string of the molecule is O=c1ccc(Br)cn1Cc1ncc(-c2ccc(F)cc2)o1. The van der Waals surface area contributed by atoms with Gasteiger partial charge in [-0.3, -0.25) is 4.79 Å². The lowest BCUT2D eigenvalue weighted by Crippen LogP contribution is -2.18. The molecule has 1 aromatic carbocycles. The van der Waals surface area contributed by atoms with Crippen molar-refractivity contribution < 1.29 is 8.81 Å². The Kier molecular flexibility index (Phi) is 3.70. The summed E-state index contributed by atoms with van der Waals surface area (Å²) < 4.78 is 20.8. The van der Waals surface area contributed by atoms with Gasteiger partial charge in [0.15, 0.2) is 5.76 Å². The molecule has 3 aromatic rings. The van der Waals surface area contributed by atoms with E-state index in [9.17, 15) is 9.18 Å². The number of rotatable bonds is 3. The first-order chi connectivity index (χ1) is 10.1. The largest absolute Gasteiger partial charge is 0.439 e. The van der Waals surface area contributed by atoms with Crippen LogP contribution in [-0.2, 0) is 6.54 Å². The Morgan fingerprint density at radius 2 is 1.95 bits per heavy atom. The molecule has 0 amide bonds. The van der Waals surface area contributed by atoms with E-state index >= 15 is 0 Å². The molecule has 6 heteroatoms. The number of hydrogen-bond donors (Lipinski definition) is 0. The molecule has 0 spiro atoms. The van der Waals surface area contributed by atoms with Crippen molar-refractivity contribution >= 4 is 15.9 Å². The molecule has 0 aliphatic carbocycles. The van der Waals surface area contributed by atoms with Crippen molar-refractivity contribution in [2.75, 3.05) is 0 Å². The molecule has 0 N–H and O–H groups in total. The van der Waals surface area contributed by atoms with Crippen LogP contribution in [0.4, 0.5) is 4.39 Å². The average Bonchev–Trinajstić information content (AvgIpc) is 2.92. The maximum atomic E-state index is 12.9. The number of hydrogen-bond acceptors (Lipinski definition) is 3. The zero-order valence-electron chi connectivity index (χ0n) is 10.8. The van der Waals surface area contributed by atoms with Crippen molar-refractivity contribution in [1.82, 2.24) is 9.55 Å². The molecule has 4 nitrogen and oxygen atoms in total. The first-order valence-corrected chi connectivity index (χ1v) is 6.98. The van der Waals surface area contributed by atoms with Crippen molar-refractivity contribution in [3.05, 3.63) is 75.3 Å². The van der Waals surface area contributed by atoms with Gasteiger partial charge in [0.2, 0.25) is 5.89 Å². The monoisotopic (exact) mass is 348 g/mol. The summed E-state index contributed by atoms with van der Waals surface area (Å²) in [6.07, 6.45) is 3.23. The van der Waals surface area contributed by atoms with Gasteiger partial charge >= 0.3 is 0 Å². The van der Waals surface area contributed by atoms with E-state index < -0.39 is 0 Å². The van der Waals surface area contributed by atoms with Crippen molar-refractivity contribution in [2.24, 2.45) is 0 Å². The van der Waals surface area contributed by atoms with Gasteiger partial charge in [-0.15, -0.1) is 0 Å². The summed E-state index contributed by atoms with van der Waals surface area (Å²) in [6.45, 7) is 0.236. The molecule has 0 bridgehead atoms. The van der Waals surface area contributed by atoms with Crippen LogP contribution in [0.15, 0.2) is 62.5 Å². The molecule has 0 aliphatic heterocycles. The standard InChI is InChI=1S/C15H10BrFN2O2/c16-11-3-6-15(20)19(8-11)9-14-18-7-13(21-14)10-1-4-12(17)5-2-10/h1-8H,9H2. The maximum absolute atomic E-state index is 12.9. The van der Waals surface area contributed by atoms with Crippen LogP contribution in [0, 0.1) is 5.82 Å². The van der Waals surface area contributed by atoms with Gasteiger partial charge in [-0.25, -0.2) is 9.37 Å². The van der Waals surface area contributed by atoms with E-state index in [1.807, 2.05) is 0 Å². The summed E-state index contributed by atoms with van der Waals surface area (Å²) >= 11 is 3.31. The molecule has 106 valence electrons. The molecule has 0 aliphatic rings. The summed E-state index contributed by atoms with van der Waals surface area (Å²) in [4.78, 5) is 15.9. The van der Waals surface area contributed by atoms with Crippen LogP contribution < -0.4 is 5.56 Å². The number of aromatic nitrogens is 2. The lowest BCUT2D eigenvalue weighted by molar-refractivity contribution is 0.484. The molecule has 3 rings (SSSR count). The van der Waals surface area contributed by atoms with E-state index in [2.05, 4.69) is 20.9 Å². The zero-order chi connectivity index (χ0) is 14.8. The van der Waals surface area contributed by atoms with Crippen molar-refractivity contribution in [3.8, 4) is 11.3 Å². The van der Waals surface area contributed by atoms with Crippen LogP contribution in [0.1, 0.15) is 5.89 Å². The highest BCUT2D eigenvalue weighted by atomic mass is 79.9. The van der Waals surface area contributed by atoms with Gasteiger partial charge in [-0.1, -0.05) is 0 Å². The molecular formula is C15H10BrFN2O2.